The van der Waals surface area contributed by atoms with Gasteiger partial charge in [0.25, 0.3) is 0 Å². The maximum atomic E-state index is 5.69. The number of aromatic nitrogens is 2. The zero-order chi connectivity index (χ0) is 13.8. The second kappa shape index (κ2) is 6.49. The van der Waals surface area contributed by atoms with Crippen molar-refractivity contribution in [1.29, 1.82) is 0 Å². The van der Waals surface area contributed by atoms with Gasteiger partial charge in [0, 0.05) is 13.0 Å². The minimum Gasteiger partial charge on any atom is -0.483 e. The summed E-state index contributed by atoms with van der Waals surface area (Å²) in [6, 6.07) is 3.85. The fourth-order valence-electron chi connectivity index (χ4n) is 1.50. The van der Waals surface area contributed by atoms with Crippen molar-refractivity contribution in [2.24, 2.45) is 5.73 Å². The zero-order valence-corrected chi connectivity index (χ0v) is 13.5. The van der Waals surface area contributed by atoms with E-state index in [0.717, 1.165) is 14.5 Å². The van der Waals surface area contributed by atoms with Crippen LogP contribution < -0.4 is 10.5 Å². The van der Waals surface area contributed by atoms with Gasteiger partial charge in [-0.1, -0.05) is 12.1 Å². The molecule has 19 heavy (non-hydrogen) atoms. The van der Waals surface area contributed by atoms with Gasteiger partial charge in [0.05, 0.1) is 8.95 Å². The molecule has 7 heteroatoms. The highest BCUT2D eigenvalue weighted by molar-refractivity contribution is 9.11. The van der Waals surface area contributed by atoms with Crippen molar-refractivity contribution >= 4 is 31.9 Å². The number of aryl methyl sites for hydroxylation is 1. The van der Waals surface area contributed by atoms with Crippen molar-refractivity contribution in [2.45, 2.75) is 26.5 Å². The topological polar surface area (TPSA) is 74.2 Å². The molecule has 0 saturated carbocycles. The fraction of sp³-hybridized carbons (Fsp3) is 0.333. The number of nitrogens with zero attached hydrogens (tertiary/aromatic N) is 2. The van der Waals surface area contributed by atoms with E-state index in [4.69, 9.17) is 15.0 Å². The Balaban J connectivity index is 2.11. The van der Waals surface area contributed by atoms with Crippen LogP contribution in [0.1, 0.15) is 24.2 Å². The maximum absolute atomic E-state index is 5.69. The number of hydrogen-bond donors (Lipinski definition) is 1. The third-order valence-corrected chi connectivity index (χ3v) is 3.63. The van der Waals surface area contributed by atoms with Crippen molar-refractivity contribution in [1.82, 2.24) is 10.1 Å². The Labute approximate surface area is 127 Å². The SMILES string of the molecule is CCc1nc(COc2c(Br)cc(CN)cc2Br)no1. The average Bonchev–Trinajstić information content (AvgIpc) is 2.85. The van der Waals surface area contributed by atoms with Crippen molar-refractivity contribution in [3.05, 3.63) is 38.4 Å². The van der Waals surface area contributed by atoms with Crippen molar-refractivity contribution in [3.8, 4) is 5.75 Å². The number of ether oxygens (including phenoxy) is 1. The van der Waals surface area contributed by atoms with Crippen LogP contribution in [0.3, 0.4) is 0 Å². The highest BCUT2D eigenvalue weighted by Crippen LogP contribution is 2.35. The van der Waals surface area contributed by atoms with Crippen LogP contribution in [0.25, 0.3) is 0 Å². The monoisotopic (exact) mass is 389 g/mol. The first-order valence-corrected chi connectivity index (χ1v) is 7.34. The molecule has 0 bridgehead atoms. The molecule has 0 amide bonds. The summed E-state index contributed by atoms with van der Waals surface area (Å²) < 4.78 is 12.4. The van der Waals surface area contributed by atoms with E-state index in [0.29, 0.717) is 30.4 Å². The highest BCUT2D eigenvalue weighted by atomic mass is 79.9. The second-order valence-corrected chi connectivity index (χ2v) is 5.55. The van der Waals surface area contributed by atoms with Crippen LogP contribution in [0.2, 0.25) is 0 Å². The van der Waals surface area contributed by atoms with Crippen LogP contribution in [-0.2, 0) is 19.6 Å². The minimum absolute atomic E-state index is 0.253. The number of benzene rings is 1. The van der Waals surface area contributed by atoms with E-state index in [1.807, 2.05) is 19.1 Å². The number of hydrogen-bond acceptors (Lipinski definition) is 5. The third kappa shape index (κ3) is 3.55. The Morgan fingerprint density at radius 2 is 2.00 bits per heavy atom. The summed E-state index contributed by atoms with van der Waals surface area (Å²) in [6.07, 6.45) is 0.714. The molecule has 0 spiro atoms. The standard InChI is InChI=1S/C12H13Br2N3O2/c1-2-11-16-10(17-19-11)6-18-12-8(13)3-7(5-15)4-9(12)14/h3-4H,2,5-6,15H2,1H3. The van der Waals surface area contributed by atoms with E-state index in [1.165, 1.54) is 0 Å². The molecular weight excluding hydrogens is 378 g/mol. The van der Waals surface area contributed by atoms with Crippen LogP contribution >= 0.6 is 31.9 Å². The summed E-state index contributed by atoms with van der Waals surface area (Å²) in [6.45, 7) is 2.68. The smallest absolute Gasteiger partial charge is 0.226 e. The van der Waals surface area contributed by atoms with Gasteiger partial charge in [-0.2, -0.15) is 4.98 Å². The Bertz CT molecular complexity index is 549. The molecule has 0 unspecified atom stereocenters. The number of halogens is 2. The van der Waals surface area contributed by atoms with Gasteiger partial charge in [-0.25, -0.2) is 0 Å². The zero-order valence-electron chi connectivity index (χ0n) is 10.3. The van der Waals surface area contributed by atoms with Crippen LogP contribution in [0.5, 0.6) is 5.75 Å². The Morgan fingerprint density at radius 1 is 1.32 bits per heavy atom. The normalized spacial score (nSPS) is 10.7. The summed E-state index contributed by atoms with van der Waals surface area (Å²) >= 11 is 6.91. The quantitative estimate of drug-likeness (QED) is 0.848. The van der Waals surface area contributed by atoms with Crippen LogP contribution in [-0.4, -0.2) is 10.1 Å². The summed E-state index contributed by atoms with van der Waals surface area (Å²) in [5, 5.41) is 3.83. The van der Waals surface area contributed by atoms with Crippen LogP contribution in [0.15, 0.2) is 25.6 Å². The number of rotatable bonds is 5. The van der Waals surface area contributed by atoms with E-state index < -0.39 is 0 Å². The lowest BCUT2D eigenvalue weighted by atomic mass is 10.2. The molecule has 0 radical (unpaired) electrons. The summed E-state index contributed by atoms with van der Waals surface area (Å²) in [5.41, 5.74) is 6.62. The van der Waals surface area contributed by atoms with E-state index >= 15 is 0 Å². The molecule has 0 atom stereocenters. The molecule has 0 aliphatic rings. The van der Waals surface area contributed by atoms with E-state index in [1.54, 1.807) is 0 Å². The molecular formula is C12H13Br2N3O2. The second-order valence-electron chi connectivity index (χ2n) is 3.84. The van der Waals surface area contributed by atoms with Gasteiger partial charge in [0.15, 0.2) is 6.61 Å². The highest BCUT2D eigenvalue weighted by Gasteiger charge is 2.11. The Hall–Kier alpha value is -0.920. The van der Waals surface area contributed by atoms with Gasteiger partial charge in [-0.05, 0) is 49.6 Å². The lowest BCUT2D eigenvalue weighted by molar-refractivity contribution is 0.282. The van der Waals surface area contributed by atoms with Gasteiger partial charge in [-0.3, -0.25) is 0 Å². The molecule has 5 nitrogen and oxygen atoms in total. The Morgan fingerprint density at radius 3 is 2.53 bits per heavy atom. The first-order chi connectivity index (χ1) is 9.13. The molecule has 0 aliphatic carbocycles. The third-order valence-electron chi connectivity index (χ3n) is 2.45. The lowest BCUT2D eigenvalue weighted by Crippen LogP contribution is -2.01. The van der Waals surface area contributed by atoms with Gasteiger partial charge in [0.1, 0.15) is 5.75 Å². The maximum Gasteiger partial charge on any atom is 0.226 e. The van der Waals surface area contributed by atoms with Gasteiger partial charge in [-0.15, -0.1) is 0 Å². The van der Waals surface area contributed by atoms with Crippen LogP contribution in [0.4, 0.5) is 0 Å². The van der Waals surface area contributed by atoms with Gasteiger partial charge < -0.3 is 15.0 Å². The lowest BCUT2D eigenvalue weighted by Gasteiger charge is -2.10. The van der Waals surface area contributed by atoms with Crippen LogP contribution in [0, 0.1) is 0 Å². The van der Waals surface area contributed by atoms with E-state index in [-0.39, 0.29) is 6.61 Å². The molecule has 2 aromatic rings. The van der Waals surface area contributed by atoms with E-state index in [9.17, 15) is 0 Å². The molecule has 0 saturated heterocycles. The largest absolute Gasteiger partial charge is 0.483 e. The summed E-state index contributed by atoms with van der Waals surface area (Å²) in [7, 11) is 0. The van der Waals surface area contributed by atoms with Gasteiger partial charge in [0.2, 0.25) is 11.7 Å². The molecule has 1 heterocycles. The molecule has 1 aromatic heterocycles. The summed E-state index contributed by atoms with van der Waals surface area (Å²) in [4.78, 5) is 4.18. The summed E-state index contributed by atoms with van der Waals surface area (Å²) in [5.74, 6) is 1.83. The Kier molecular flexibility index (Phi) is 4.95. The van der Waals surface area contributed by atoms with E-state index in [2.05, 4.69) is 42.0 Å². The van der Waals surface area contributed by atoms with Gasteiger partial charge >= 0.3 is 0 Å². The predicted molar refractivity (Wildman–Crippen MR) is 77.7 cm³/mol. The molecule has 1 aromatic carbocycles. The first kappa shape index (κ1) is 14.5. The average molecular weight is 391 g/mol. The number of nitrogens with two attached hydrogens (primary N) is 1. The molecule has 0 aliphatic heterocycles. The molecule has 0 fully saturated rings. The fourth-order valence-corrected chi connectivity index (χ4v) is 3.01. The molecule has 2 rings (SSSR count). The predicted octanol–water partition coefficient (Wildman–Crippen LogP) is 3.19. The molecule has 2 N–H and O–H groups in total. The first-order valence-electron chi connectivity index (χ1n) is 5.76. The minimum atomic E-state index is 0.253. The molecule has 102 valence electrons. The van der Waals surface area contributed by atoms with Crippen molar-refractivity contribution in [2.75, 3.05) is 0 Å². The van der Waals surface area contributed by atoms with Crippen molar-refractivity contribution in [3.63, 3.8) is 0 Å². The van der Waals surface area contributed by atoms with Crippen molar-refractivity contribution < 1.29 is 9.26 Å².